The fourth-order valence-corrected chi connectivity index (χ4v) is 2.11. The molecule has 0 fully saturated rings. The number of rotatable bonds is 2. The van der Waals surface area contributed by atoms with Crippen LogP contribution in [-0.4, -0.2) is 14.8 Å². The van der Waals surface area contributed by atoms with Crippen molar-refractivity contribution in [1.29, 1.82) is 0 Å². The van der Waals surface area contributed by atoms with Crippen LogP contribution in [0.15, 0.2) is 24.3 Å². The van der Waals surface area contributed by atoms with Crippen molar-refractivity contribution in [3.05, 3.63) is 40.9 Å². The van der Waals surface area contributed by atoms with Gasteiger partial charge in [0.25, 0.3) is 0 Å². The molecule has 0 saturated carbocycles. The predicted octanol–water partition coefficient (Wildman–Crippen LogP) is 3.78. The molecule has 3 nitrogen and oxygen atoms in total. The summed E-state index contributed by atoms with van der Waals surface area (Å²) in [5, 5.41) is 8.60. The third kappa shape index (κ3) is 2.41. The van der Waals surface area contributed by atoms with Crippen LogP contribution in [0.25, 0.3) is 5.69 Å². The Hall–Kier alpha value is -1.35. The molecule has 2 rings (SSSR count). The summed E-state index contributed by atoms with van der Waals surface area (Å²) >= 11 is 6.17. The molecule has 2 aromatic rings. The molecule has 18 heavy (non-hydrogen) atoms. The second-order valence-electron chi connectivity index (χ2n) is 5.40. The molecule has 0 aliphatic carbocycles. The molecule has 96 valence electrons. The number of nitrogens with zero attached hydrogens (tertiary/aromatic N) is 3. The highest BCUT2D eigenvalue weighted by Gasteiger charge is 2.24. The number of aryl methyl sites for hydroxylation is 1. The topological polar surface area (TPSA) is 30.7 Å². The molecular formula is C14H18ClN3. The summed E-state index contributed by atoms with van der Waals surface area (Å²) in [5.41, 5.74) is 2.20. The molecule has 0 saturated heterocycles. The molecule has 0 N–H and O–H groups in total. The van der Waals surface area contributed by atoms with E-state index in [1.807, 2.05) is 16.7 Å². The summed E-state index contributed by atoms with van der Waals surface area (Å²) in [6, 6.07) is 8.31. The molecular weight excluding hydrogens is 246 g/mol. The first kappa shape index (κ1) is 13.1. The molecule has 4 heteroatoms. The van der Waals surface area contributed by atoms with E-state index in [4.69, 9.17) is 11.6 Å². The molecule has 1 aromatic heterocycles. The van der Waals surface area contributed by atoms with E-state index in [0.717, 1.165) is 17.9 Å². The summed E-state index contributed by atoms with van der Waals surface area (Å²) in [6.07, 6.45) is 0.998. The lowest BCUT2D eigenvalue weighted by Gasteiger charge is -2.19. The van der Waals surface area contributed by atoms with E-state index in [2.05, 4.69) is 50.0 Å². The van der Waals surface area contributed by atoms with Gasteiger partial charge in [0, 0.05) is 5.41 Å². The average molecular weight is 264 g/mol. The normalized spacial score (nSPS) is 11.8. The van der Waals surface area contributed by atoms with Crippen molar-refractivity contribution in [3.8, 4) is 5.69 Å². The summed E-state index contributed by atoms with van der Waals surface area (Å²) < 4.78 is 1.92. The van der Waals surface area contributed by atoms with Crippen LogP contribution in [0.1, 0.15) is 39.1 Å². The van der Waals surface area contributed by atoms with Crippen LogP contribution >= 0.6 is 11.6 Å². The zero-order valence-electron chi connectivity index (χ0n) is 11.2. The zero-order chi connectivity index (χ0) is 13.3. The van der Waals surface area contributed by atoms with Gasteiger partial charge in [-0.1, -0.05) is 39.8 Å². The van der Waals surface area contributed by atoms with Gasteiger partial charge in [0.05, 0.1) is 5.69 Å². The standard InChI is InChI=1S/C14H18ClN3/c1-5-10-7-6-8-11(9-10)18-12(14(2,3)4)16-17-13(18)15/h6-9H,5H2,1-4H3. The monoisotopic (exact) mass is 263 g/mol. The summed E-state index contributed by atoms with van der Waals surface area (Å²) in [6.45, 7) is 8.45. The van der Waals surface area contributed by atoms with Gasteiger partial charge in [-0.3, -0.25) is 4.57 Å². The Morgan fingerprint density at radius 2 is 1.94 bits per heavy atom. The van der Waals surface area contributed by atoms with E-state index < -0.39 is 0 Å². The molecule has 0 radical (unpaired) electrons. The second kappa shape index (κ2) is 4.73. The number of hydrogen-bond acceptors (Lipinski definition) is 2. The Morgan fingerprint density at radius 3 is 2.56 bits per heavy atom. The summed E-state index contributed by atoms with van der Waals surface area (Å²) in [5.74, 6) is 0.876. The van der Waals surface area contributed by atoms with Crippen LogP contribution in [0.4, 0.5) is 0 Å². The maximum atomic E-state index is 6.17. The lowest BCUT2D eigenvalue weighted by atomic mass is 9.95. The van der Waals surface area contributed by atoms with E-state index in [0.29, 0.717) is 5.28 Å². The lowest BCUT2D eigenvalue weighted by Crippen LogP contribution is -2.18. The van der Waals surface area contributed by atoms with Gasteiger partial charge >= 0.3 is 0 Å². The first-order valence-electron chi connectivity index (χ1n) is 6.14. The van der Waals surface area contributed by atoms with Gasteiger partial charge in [-0.2, -0.15) is 0 Å². The predicted molar refractivity (Wildman–Crippen MR) is 74.4 cm³/mol. The van der Waals surface area contributed by atoms with Crippen molar-refractivity contribution in [1.82, 2.24) is 14.8 Å². The van der Waals surface area contributed by atoms with Crippen LogP contribution in [-0.2, 0) is 11.8 Å². The molecule has 0 atom stereocenters. The minimum atomic E-state index is -0.0949. The number of benzene rings is 1. The molecule has 1 heterocycles. The maximum absolute atomic E-state index is 6.17. The number of hydrogen-bond donors (Lipinski definition) is 0. The van der Waals surface area contributed by atoms with Crippen molar-refractivity contribution in [3.63, 3.8) is 0 Å². The zero-order valence-corrected chi connectivity index (χ0v) is 12.0. The quantitative estimate of drug-likeness (QED) is 0.826. The number of aromatic nitrogens is 3. The van der Waals surface area contributed by atoms with Crippen LogP contribution < -0.4 is 0 Å². The Labute approximate surface area is 113 Å². The third-order valence-corrected chi connectivity index (χ3v) is 3.12. The maximum Gasteiger partial charge on any atom is 0.229 e. The second-order valence-corrected chi connectivity index (χ2v) is 5.74. The Morgan fingerprint density at radius 1 is 1.22 bits per heavy atom. The SMILES string of the molecule is CCc1cccc(-n2c(Cl)nnc2C(C)(C)C)c1. The molecule has 0 aliphatic heterocycles. The van der Waals surface area contributed by atoms with E-state index in [-0.39, 0.29) is 5.41 Å². The van der Waals surface area contributed by atoms with Crippen LogP contribution in [0.3, 0.4) is 0 Å². The van der Waals surface area contributed by atoms with Crippen LogP contribution in [0, 0.1) is 0 Å². The van der Waals surface area contributed by atoms with Crippen molar-refractivity contribution in [2.45, 2.75) is 39.5 Å². The average Bonchev–Trinajstić information content (AvgIpc) is 2.71. The smallest absolute Gasteiger partial charge is 0.229 e. The van der Waals surface area contributed by atoms with Gasteiger partial charge in [0.2, 0.25) is 5.28 Å². The highest BCUT2D eigenvalue weighted by Crippen LogP contribution is 2.26. The van der Waals surface area contributed by atoms with Crippen molar-refractivity contribution in [2.24, 2.45) is 0 Å². The van der Waals surface area contributed by atoms with Gasteiger partial charge in [0.15, 0.2) is 0 Å². The minimum Gasteiger partial charge on any atom is -0.269 e. The fraction of sp³-hybridized carbons (Fsp3) is 0.429. The minimum absolute atomic E-state index is 0.0949. The van der Waals surface area contributed by atoms with Gasteiger partial charge in [-0.25, -0.2) is 0 Å². The van der Waals surface area contributed by atoms with E-state index >= 15 is 0 Å². The van der Waals surface area contributed by atoms with Crippen molar-refractivity contribution >= 4 is 11.6 Å². The van der Waals surface area contributed by atoms with Gasteiger partial charge in [-0.05, 0) is 35.7 Å². The largest absolute Gasteiger partial charge is 0.269 e. The van der Waals surface area contributed by atoms with Crippen molar-refractivity contribution in [2.75, 3.05) is 0 Å². The lowest BCUT2D eigenvalue weighted by molar-refractivity contribution is 0.533. The molecule has 0 amide bonds. The van der Waals surface area contributed by atoms with E-state index in [1.165, 1.54) is 5.56 Å². The van der Waals surface area contributed by atoms with Crippen LogP contribution in [0.5, 0.6) is 0 Å². The Bertz CT molecular complexity index is 552. The van der Waals surface area contributed by atoms with Gasteiger partial charge < -0.3 is 0 Å². The summed E-state index contributed by atoms with van der Waals surface area (Å²) in [7, 11) is 0. The highest BCUT2D eigenvalue weighted by atomic mass is 35.5. The van der Waals surface area contributed by atoms with Gasteiger partial charge in [-0.15, -0.1) is 10.2 Å². The molecule has 0 unspecified atom stereocenters. The first-order valence-corrected chi connectivity index (χ1v) is 6.52. The Balaban J connectivity index is 2.59. The summed E-state index contributed by atoms with van der Waals surface area (Å²) in [4.78, 5) is 0. The molecule has 1 aromatic carbocycles. The highest BCUT2D eigenvalue weighted by molar-refractivity contribution is 6.28. The third-order valence-electron chi connectivity index (χ3n) is 2.87. The van der Waals surface area contributed by atoms with E-state index in [9.17, 15) is 0 Å². The van der Waals surface area contributed by atoms with Crippen molar-refractivity contribution < 1.29 is 0 Å². The fourth-order valence-electron chi connectivity index (χ4n) is 1.90. The van der Waals surface area contributed by atoms with Gasteiger partial charge in [0.1, 0.15) is 5.82 Å². The van der Waals surface area contributed by atoms with Crippen LogP contribution in [0.2, 0.25) is 5.28 Å². The Kier molecular flexibility index (Phi) is 3.44. The molecule has 0 bridgehead atoms. The number of halogens is 1. The molecule has 0 aliphatic rings. The first-order chi connectivity index (χ1) is 8.43. The van der Waals surface area contributed by atoms with E-state index in [1.54, 1.807) is 0 Å². The molecule has 0 spiro atoms.